The highest BCUT2D eigenvalue weighted by atomic mass is 16.5. The molecular weight excluding hydrogens is 354 g/mol. The molecule has 2 aromatic carbocycles. The third-order valence-electron chi connectivity index (χ3n) is 4.27. The summed E-state index contributed by atoms with van der Waals surface area (Å²) >= 11 is 0. The van der Waals surface area contributed by atoms with Gasteiger partial charge in [-0.1, -0.05) is 38.1 Å². The van der Waals surface area contributed by atoms with E-state index in [9.17, 15) is 4.79 Å². The van der Waals surface area contributed by atoms with Gasteiger partial charge in [-0.3, -0.25) is 4.79 Å². The predicted molar refractivity (Wildman–Crippen MR) is 111 cm³/mol. The van der Waals surface area contributed by atoms with Gasteiger partial charge in [0.2, 0.25) is 0 Å². The molecule has 0 aromatic heterocycles. The number of para-hydroxylation sites is 1. The minimum Gasteiger partial charge on any atom is -0.493 e. The Morgan fingerprint density at radius 2 is 1.64 bits per heavy atom. The average molecular weight is 386 g/mol. The highest BCUT2D eigenvalue weighted by Gasteiger charge is 2.17. The predicted octanol–water partition coefficient (Wildman–Crippen LogP) is 4.69. The van der Waals surface area contributed by atoms with Crippen LogP contribution in [0.5, 0.6) is 17.2 Å². The first-order valence-corrected chi connectivity index (χ1v) is 9.68. The fraction of sp³-hybridized carbons (Fsp3) is 0.435. The summed E-state index contributed by atoms with van der Waals surface area (Å²) in [7, 11) is 1.60. The molecule has 1 amide bonds. The molecule has 1 atom stereocenters. The van der Waals surface area contributed by atoms with Crippen LogP contribution in [0.3, 0.4) is 0 Å². The van der Waals surface area contributed by atoms with Crippen molar-refractivity contribution in [2.75, 3.05) is 7.11 Å². The van der Waals surface area contributed by atoms with Gasteiger partial charge in [0, 0.05) is 6.54 Å². The highest BCUT2D eigenvalue weighted by molar-refractivity contribution is 5.80. The van der Waals surface area contributed by atoms with Gasteiger partial charge in [0.25, 0.3) is 5.91 Å². The molecule has 0 fully saturated rings. The summed E-state index contributed by atoms with van der Waals surface area (Å²) in [5.74, 6) is 2.24. The van der Waals surface area contributed by atoms with Crippen LogP contribution in [0.1, 0.15) is 51.7 Å². The summed E-state index contributed by atoms with van der Waals surface area (Å²) in [6, 6.07) is 13.5. The maximum Gasteiger partial charge on any atom is 0.261 e. The molecule has 0 aliphatic heterocycles. The number of ether oxygens (including phenoxy) is 3. The maximum absolute atomic E-state index is 12.5. The zero-order valence-corrected chi connectivity index (χ0v) is 17.6. The zero-order valence-electron chi connectivity index (χ0n) is 17.6. The molecule has 0 saturated heterocycles. The van der Waals surface area contributed by atoms with Crippen molar-refractivity contribution in [3.8, 4) is 17.2 Å². The SMILES string of the molecule is COc1cc(CNC(=O)[C@H](C)Oc2ccccc2C(C)C)ccc1OC(C)C. The van der Waals surface area contributed by atoms with E-state index in [4.69, 9.17) is 14.2 Å². The number of hydrogen-bond donors (Lipinski definition) is 1. The summed E-state index contributed by atoms with van der Waals surface area (Å²) in [6.07, 6.45) is -0.531. The third kappa shape index (κ3) is 5.91. The standard InChI is InChI=1S/C23H31NO4/c1-15(2)19-9-7-8-10-20(19)28-17(5)23(25)24-14-18-11-12-21(27-16(3)4)22(13-18)26-6/h7-13,15-17H,14H2,1-6H3,(H,24,25)/t17-/m0/s1. The van der Waals surface area contributed by atoms with E-state index in [0.29, 0.717) is 24.0 Å². The van der Waals surface area contributed by atoms with E-state index in [1.54, 1.807) is 14.0 Å². The van der Waals surface area contributed by atoms with Crippen LogP contribution in [0, 0.1) is 0 Å². The van der Waals surface area contributed by atoms with Crippen LogP contribution in [0.15, 0.2) is 42.5 Å². The first-order valence-electron chi connectivity index (χ1n) is 9.68. The summed E-state index contributed by atoms with van der Waals surface area (Å²) in [5, 5.41) is 2.92. The Morgan fingerprint density at radius 1 is 0.929 bits per heavy atom. The number of carbonyl (C=O) groups is 1. The lowest BCUT2D eigenvalue weighted by molar-refractivity contribution is -0.127. The van der Waals surface area contributed by atoms with Crippen LogP contribution < -0.4 is 19.5 Å². The number of nitrogens with one attached hydrogen (secondary N) is 1. The largest absolute Gasteiger partial charge is 0.493 e. The van der Waals surface area contributed by atoms with Crippen molar-refractivity contribution in [1.29, 1.82) is 0 Å². The van der Waals surface area contributed by atoms with Gasteiger partial charge in [-0.05, 0) is 56.0 Å². The minimum atomic E-state index is -0.592. The van der Waals surface area contributed by atoms with E-state index in [2.05, 4.69) is 19.2 Å². The van der Waals surface area contributed by atoms with Crippen molar-refractivity contribution in [3.05, 3.63) is 53.6 Å². The van der Waals surface area contributed by atoms with E-state index in [1.807, 2.05) is 56.3 Å². The van der Waals surface area contributed by atoms with E-state index < -0.39 is 6.10 Å². The van der Waals surface area contributed by atoms with Gasteiger partial charge in [0.15, 0.2) is 17.6 Å². The van der Waals surface area contributed by atoms with Gasteiger partial charge >= 0.3 is 0 Å². The van der Waals surface area contributed by atoms with Crippen LogP contribution >= 0.6 is 0 Å². The average Bonchev–Trinajstić information content (AvgIpc) is 2.66. The van der Waals surface area contributed by atoms with E-state index in [1.165, 1.54) is 0 Å². The minimum absolute atomic E-state index is 0.0613. The molecule has 1 N–H and O–H groups in total. The Morgan fingerprint density at radius 3 is 2.29 bits per heavy atom. The Hall–Kier alpha value is -2.69. The van der Waals surface area contributed by atoms with Crippen molar-refractivity contribution < 1.29 is 19.0 Å². The third-order valence-corrected chi connectivity index (χ3v) is 4.27. The smallest absolute Gasteiger partial charge is 0.261 e. The van der Waals surface area contributed by atoms with Gasteiger partial charge in [-0.15, -0.1) is 0 Å². The molecule has 2 aromatic rings. The van der Waals surface area contributed by atoms with E-state index in [-0.39, 0.29) is 12.0 Å². The van der Waals surface area contributed by atoms with E-state index in [0.717, 1.165) is 16.9 Å². The molecule has 152 valence electrons. The molecule has 0 aliphatic rings. The van der Waals surface area contributed by atoms with Crippen LogP contribution in [-0.2, 0) is 11.3 Å². The molecule has 0 saturated carbocycles. The van der Waals surface area contributed by atoms with Gasteiger partial charge < -0.3 is 19.5 Å². The number of rotatable bonds is 9. The van der Waals surface area contributed by atoms with Gasteiger partial charge in [0.1, 0.15) is 5.75 Å². The lowest BCUT2D eigenvalue weighted by Crippen LogP contribution is -2.36. The zero-order chi connectivity index (χ0) is 20.7. The monoisotopic (exact) mass is 385 g/mol. The highest BCUT2D eigenvalue weighted by Crippen LogP contribution is 2.29. The second-order valence-electron chi connectivity index (χ2n) is 7.32. The maximum atomic E-state index is 12.5. The van der Waals surface area contributed by atoms with Gasteiger partial charge in [-0.2, -0.15) is 0 Å². The first-order chi connectivity index (χ1) is 13.3. The molecule has 28 heavy (non-hydrogen) atoms. The summed E-state index contributed by atoms with van der Waals surface area (Å²) in [6.45, 7) is 10.3. The molecule has 5 nitrogen and oxygen atoms in total. The van der Waals surface area contributed by atoms with Crippen LogP contribution in [0.4, 0.5) is 0 Å². The number of carbonyl (C=O) groups excluding carboxylic acids is 1. The quantitative estimate of drug-likeness (QED) is 0.680. The molecule has 0 unspecified atom stereocenters. The topological polar surface area (TPSA) is 56.8 Å². The molecule has 2 rings (SSSR count). The molecular formula is C23H31NO4. The van der Waals surface area contributed by atoms with Gasteiger partial charge in [-0.25, -0.2) is 0 Å². The molecule has 0 aliphatic carbocycles. The molecule has 0 radical (unpaired) electrons. The van der Waals surface area contributed by atoms with Crippen molar-refractivity contribution in [3.63, 3.8) is 0 Å². The molecule has 0 heterocycles. The number of amides is 1. The Labute approximate surface area is 168 Å². The van der Waals surface area contributed by atoms with Crippen LogP contribution in [0.25, 0.3) is 0 Å². The molecule has 5 heteroatoms. The van der Waals surface area contributed by atoms with Crippen molar-refractivity contribution in [2.45, 2.75) is 59.3 Å². The lowest BCUT2D eigenvalue weighted by Gasteiger charge is -2.19. The first kappa shape index (κ1) is 21.6. The fourth-order valence-corrected chi connectivity index (χ4v) is 2.81. The molecule has 0 spiro atoms. The summed E-state index contributed by atoms with van der Waals surface area (Å²) < 4.78 is 17.0. The number of benzene rings is 2. The summed E-state index contributed by atoms with van der Waals surface area (Å²) in [5.41, 5.74) is 2.02. The van der Waals surface area contributed by atoms with E-state index >= 15 is 0 Å². The fourth-order valence-electron chi connectivity index (χ4n) is 2.81. The number of methoxy groups -OCH3 is 1. The lowest BCUT2D eigenvalue weighted by atomic mass is 10.0. The van der Waals surface area contributed by atoms with Crippen LogP contribution in [-0.4, -0.2) is 25.2 Å². The van der Waals surface area contributed by atoms with Crippen molar-refractivity contribution in [1.82, 2.24) is 5.32 Å². The van der Waals surface area contributed by atoms with Crippen molar-refractivity contribution in [2.24, 2.45) is 0 Å². The van der Waals surface area contributed by atoms with Crippen molar-refractivity contribution >= 4 is 5.91 Å². The van der Waals surface area contributed by atoms with Crippen LogP contribution in [0.2, 0.25) is 0 Å². The van der Waals surface area contributed by atoms with Gasteiger partial charge in [0.05, 0.1) is 13.2 Å². The number of hydrogen-bond acceptors (Lipinski definition) is 4. The Kier molecular flexibility index (Phi) is 7.73. The second-order valence-corrected chi connectivity index (χ2v) is 7.32. The molecule has 0 bridgehead atoms. The Bertz CT molecular complexity index is 786. The second kappa shape index (κ2) is 10.0. The summed E-state index contributed by atoms with van der Waals surface area (Å²) in [4.78, 5) is 12.5. The normalized spacial score (nSPS) is 12.0. The Balaban J connectivity index is 1.98.